The Bertz CT molecular complexity index is 518. The third kappa shape index (κ3) is 2.38. The number of rotatable bonds is 3. The van der Waals surface area contributed by atoms with Crippen LogP contribution in [-0.2, 0) is 0 Å². The number of hydrogen-bond donors (Lipinski definition) is 0. The molecule has 2 fully saturated rings. The van der Waals surface area contributed by atoms with Gasteiger partial charge in [0.25, 0.3) is 5.69 Å². The van der Waals surface area contributed by atoms with E-state index in [1.54, 1.807) is 12.1 Å². The van der Waals surface area contributed by atoms with Crippen LogP contribution >= 0.6 is 0 Å². The Hall–Kier alpha value is -1.62. The number of piperidine rings is 1. The number of aryl methyl sites for hydroxylation is 1. The second-order valence-corrected chi connectivity index (χ2v) is 5.97. The molecule has 1 aromatic carbocycles. The number of fused-ring (bicyclic) bond motifs is 2. The van der Waals surface area contributed by atoms with Crippen LogP contribution in [0.4, 0.5) is 5.69 Å². The van der Waals surface area contributed by atoms with Crippen molar-refractivity contribution in [3.8, 4) is 5.75 Å². The molecular formula is C15H20N2O3. The van der Waals surface area contributed by atoms with Gasteiger partial charge in [0.2, 0.25) is 0 Å². The predicted molar refractivity (Wildman–Crippen MR) is 76.1 cm³/mol. The Morgan fingerprint density at radius 3 is 2.50 bits per heavy atom. The van der Waals surface area contributed by atoms with E-state index in [0.29, 0.717) is 12.1 Å². The summed E-state index contributed by atoms with van der Waals surface area (Å²) in [5, 5.41) is 10.7. The summed E-state index contributed by atoms with van der Waals surface area (Å²) in [5.41, 5.74) is 0.962. The quantitative estimate of drug-likeness (QED) is 0.629. The second kappa shape index (κ2) is 5.05. The number of hydrogen-bond acceptors (Lipinski definition) is 4. The summed E-state index contributed by atoms with van der Waals surface area (Å²) in [6, 6.07) is 6.10. The third-order valence-electron chi connectivity index (χ3n) is 4.72. The van der Waals surface area contributed by atoms with Crippen molar-refractivity contribution in [2.24, 2.45) is 0 Å². The maximum absolute atomic E-state index is 10.7. The van der Waals surface area contributed by atoms with Crippen molar-refractivity contribution in [2.75, 3.05) is 7.05 Å². The van der Waals surface area contributed by atoms with Crippen LogP contribution < -0.4 is 4.74 Å². The van der Waals surface area contributed by atoms with Gasteiger partial charge in [-0.1, -0.05) is 0 Å². The van der Waals surface area contributed by atoms with Gasteiger partial charge in [-0.3, -0.25) is 10.1 Å². The molecule has 0 N–H and O–H groups in total. The van der Waals surface area contributed by atoms with Gasteiger partial charge in [-0.25, -0.2) is 0 Å². The van der Waals surface area contributed by atoms with E-state index in [0.717, 1.165) is 24.2 Å². The molecule has 0 amide bonds. The minimum atomic E-state index is -0.368. The first-order valence-electron chi connectivity index (χ1n) is 7.18. The van der Waals surface area contributed by atoms with Crippen molar-refractivity contribution in [1.29, 1.82) is 0 Å². The van der Waals surface area contributed by atoms with Crippen molar-refractivity contribution in [1.82, 2.24) is 4.90 Å². The highest BCUT2D eigenvalue weighted by Crippen LogP contribution is 2.36. The monoisotopic (exact) mass is 276 g/mol. The summed E-state index contributed by atoms with van der Waals surface area (Å²) in [4.78, 5) is 12.9. The topological polar surface area (TPSA) is 55.6 Å². The normalized spacial score (nSPS) is 29.4. The summed E-state index contributed by atoms with van der Waals surface area (Å²) in [6.45, 7) is 1.87. The first-order chi connectivity index (χ1) is 9.54. The summed E-state index contributed by atoms with van der Waals surface area (Å²) in [7, 11) is 2.20. The fourth-order valence-electron chi connectivity index (χ4n) is 3.52. The lowest BCUT2D eigenvalue weighted by molar-refractivity contribution is -0.384. The molecule has 20 heavy (non-hydrogen) atoms. The van der Waals surface area contributed by atoms with Crippen molar-refractivity contribution < 1.29 is 9.66 Å². The highest BCUT2D eigenvalue weighted by Gasteiger charge is 2.39. The minimum absolute atomic E-state index is 0.123. The smallest absolute Gasteiger partial charge is 0.269 e. The van der Waals surface area contributed by atoms with E-state index in [1.807, 2.05) is 6.92 Å². The molecule has 2 atom stereocenters. The number of non-ortho nitro benzene ring substituents is 1. The van der Waals surface area contributed by atoms with Gasteiger partial charge < -0.3 is 9.64 Å². The van der Waals surface area contributed by atoms with Crippen LogP contribution in [0.15, 0.2) is 18.2 Å². The molecule has 0 spiro atoms. The van der Waals surface area contributed by atoms with Gasteiger partial charge in [-0.2, -0.15) is 0 Å². The van der Waals surface area contributed by atoms with E-state index < -0.39 is 0 Å². The maximum atomic E-state index is 10.7. The minimum Gasteiger partial charge on any atom is -0.490 e. The number of nitrogens with zero attached hydrogens (tertiary/aromatic N) is 2. The van der Waals surface area contributed by atoms with E-state index in [4.69, 9.17) is 4.74 Å². The lowest BCUT2D eigenvalue weighted by atomic mass is 10.0. The Morgan fingerprint density at radius 2 is 1.95 bits per heavy atom. The molecule has 3 rings (SSSR count). The fraction of sp³-hybridized carbons (Fsp3) is 0.600. The molecular weight excluding hydrogens is 256 g/mol. The van der Waals surface area contributed by atoms with Crippen molar-refractivity contribution >= 4 is 5.69 Å². The first-order valence-corrected chi connectivity index (χ1v) is 7.18. The fourth-order valence-corrected chi connectivity index (χ4v) is 3.52. The van der Waals surface area contributed by atoms with E-state index in [9.17, 15) is 10.1 Å². The molecule has 5 heteroatoms. The molecule has 2 heterocycles. The summed E-state index contributed by atoms with van der Waals surface area (Å²) in [5.74, 6) is 0.782. The van der Waals surface area contributed by atoms with Crippen LogP contribution in [0.25, 0.3) is 0 Å². The average Bonchev–Trinajstić information content (AvgIpc) is 2.64. The molecule has 0 saturated carbocycles. The molecule has 0 aliphatic carbocycles. The number of ether oxygens (including phenoxy) is 1. The molecule has 2 aliphatic rings. The average molecular weight is 276 g/mol. The lowest BCUT2D eigenvalue weighted by Crippen LogP contribution is -2.43. The van der Waals surface area contributed by atoms with Crippen LogP contribution in [0, 0.1) is 17.0 Å². The highest BCUT2D eigenvalue weighted by atomic mass is 16.6. The van der Waals surface area contributed by atoms with Crippen LogP contribution in [-0.4, -0.2) is 35.1 Å². The molecule has 108 valence electrons. The van der Waals surface area contributed by atoms with Gasteiger partial charge in [0, 0.05) is 24.2 Å². The number of nitro benzene ring substituents is 1. The Labute approximate surface area is 118 Å². The molecule has 2 bridgehead atoms. The zero-order valence-electron chi connectivity index (χ0n) is 11.9. The molecule has 5 nitrogen and oxygen atoms in total. The Kier molecular flexibility index (Phi) is 3.38. The first kappa shape index (κ1) is 13.4. The van der Waals surface area contributed by atoms with Crippen molar-refractivity contribution in [2.45, 2.75) is 50.8 Å². The molecule has 2 saturated heterocycles. The van der Waals surface area contributed by atoms with E-state index in [2.05, 4.69) is 11.9 Å². The van der Waals surface area contributed by atoms with Gasteiger partial charge in [-0.15, -0.1) is 0 Å². The van der Waals surface area contributed by atoms with Crippen molar-refractivity contribution in [3.63, 3.8) is 0 Å². The van der Waals surface area contributed by atoms with Gasteiger partial charge in [0.05, 0.1) is 4.92 Å². The number of nitro groups is 1. The summed E-state index contributed by atoms with van der Waals surface area (Å²) >= 11 is 0. The van der Waals surface area contributed by atoms with Gasteiger partial charge in [0.15, 0.2) is 0 Å². The molecule has 1 aromatic rings. The zero-order valence-corrected chi connectivity index (χ0v) is 11.9. The molecule has 2 aliphatic heterocycles. The zero-order chi connectivity index (χ0) is 14.3. The number of benzene rings is 1. The molecule has 2 unspecified atom stereocenters. The van der Waals surface area contributed by atoms with E-state index in [-0.39, 0.29) is 16.7 Å². The summed E-state index contributed by atoms with van der Waals surface area (Å²) in [6.07, 6.45) is 4.89. The second-order valence-electron chi connectivity index (χ2n) is 5.97. The summed E-state index contributed by atoms with van der Waals surface area (Å²) < 4.78 is 6.10. The largest absolute Gasteiger partial charge is 0.490 e. The SMILES string of the molecule is Cc1cc([N+](=O)[O-])ccc1OC1CC2CCC(C1)N2C. The van der Waals surface area contributed by atoms with Crippen LogP contribution in [0.5, 0.6) is 5.75 Å². The standard InChI is InChI=1S/C15H20N2O3/c1-10-7-13(17(18)19)5-6-15(10)20-14-8-11-3-4-12(9-14)16(11)2/h5-7,11-12,14H,3-4,8-9H2,1-2H3. The van der Waals surface area contributed by atoms with Gasteiger partial charge in [-0.05, 0) is 51.3 Å². The Balaban J connectivity index is 1.71. The van der Waals surface area contributed by atoms with Crippen molar-refractivity contribution in [3.05, 3.63) is 33.9 Å². The highest BCUT2D eigenvalue weighted by molar-refractivity contribution is 5.43. The van der Waals surface area contributed by atoms with Crippen LogP contribution in [0.1, 0.15) is 31.2 Å². The van der Waals surface area contributed by atoms with E-state index in [1.165, 1.54) is 18.9 Å². The molecule has 0 aromatic heterocycles. The lowest BCUT2D eigenvalue weighted by Gasteiger charge is -2.36. The van der Waals surface area contributed by atoms with Gasteiger partial charge >= 0.3 is 0 Å². The third-order valence-corrected chi connectivity index (χ3v) is 4.72. The van der Waals surface area contributed by atoms with E-state index >= 15 is 0 Å². The van der Waals surface area contributed by atoms with Crippen LogP contribution in [0.2, 0.25) is 0 Å². The maximum Gasteiger partial charge on any atom is 0.269 e. The predicted octanol–water partition coefficient (Wildman–Crippen LogP) is 2.91. The van der Waals surface area contributed by atoms with Gasteiger partial charge in [0.1, 0.15) is 11.9 Å². The molecule has 0 radical (unpaired) electrons. The Morgan fingerprint density at radius 1 is 1.30 bits per heavy atom. The van der Waals surface area contributed by atoms with Crippen LogP contribution in [0.3, 0.4) is 0 Å².